The molecule has 2 rings (SSSR count). The average Bonchev–Trinajstić information content (AvgIpc) is 2.19. The van der Waals surface area contributed by atoms with E-state index in [1.54, 1.807) is 0 Å². The monoisotopic (exact) mass is 218 g/mol. The number of hydrogen-bond donors (Lipinski definition) is 0. The van der Waals surface area contributed by atoms with Crippen LogP contribution in [0.4, 0.5) is 0 Å². The molecule has 0 spiro atoms. The van der Waals surface area contributed by atoms with Crippen LogP contribution in [0, 0.1) is 0 Å². The molecule has 0 aliphatic carbocycles. The second-order valence-corrected chi connectivity index (χ2v) is 3.73. The van der Waals surface area contributed by atoms with Gasteiger partial charge in [-0.25, -0.2) is 0 Å². The molecule has 0 atom stereocenters. The highest BCUT2D eigenvalue weighted by molar-refractivity contribution is 6.30. The zero-order valence-electron chi connectivity index (χ0n) is 7.78. The van der Waals surface area contributed by atoms with Crippen molar-refractivity contribution in [1.29, 1.82) is 0 Å². The molecule has 2 aromatic carbocycles. The van der Waals surface area contributed by atoms with Gasteiger partial charge in [0.25, 0.3) is 0 Å². The zero-order valence-corrected chi connectivity index (χ0v) is 8.54. The molecule has 0 aliphatic heterocycles. The van der Waals surface area contributed by atoms with Crippen LogP contribution in [0.1, 0.15) is 18.6 Å². The van der Waals surface area contributed by atoms with Crippen LogP contribution in [0.5, 0.6) is 0 Å². The van der Waals surface area contributed by atoms with Crippen molar-refractivity contribution in [3.05, 3.63) is 70.7 Å². The van der Waals surface area contributed by atoms with Gasteiger partial charge in [-0.1, -0.05) is 61.5 Å². The maximum absolute atomic E-state index is 5.91. The molecule has 0 saturated heterocycles. The fraction of sp³-hybridized carbons (Fsp3) is 0.143. The zero-order chi connectivity index (χ0) is 9.80. The van der Waals surface area contributed by atoms with Crippen LogP contribution < -0.4 is 0 Å². The minimum atomic E-state index is 0. The average molecular weight is 219 g/mol. The van der Waals surface area contributed by atoms with E-state index >= 15 is 0 Å². The molecule has 0 heterocycles. The smallest absolute Gasteiger partial charge is 0.0408 e. The van der Waals surface area contributed by atoms with Gasteiger partial charge in [0, 0.05) is 5.02 Å². The van der Waals surface area contributed by atoms with Crippen LogP contribution in [0.15, 0.2) is 54.6 Å². The van der Waals surface area contributed by atoms with Crippen molar-refractivity contribution in [2.24, 2.45) is 0 Å². The Hall–Kier alpha value is -1.27. The molecule has 0 saturated carbocycles. The maximum Gasteiger partial charge on any atom is 0.0408 e. The van der Waals surface area contributed by atoms with Gasteiger partial charge in [-0.15, -0.1) is 0 Å². The van der Waals surface area contributed by atoms with E-state index in [4.69, 9.17) is 11.6 Å². The Balaban J connectivity index is 0.00000112. The van der Waals surface area contributed by atoms with Crippen LogP contribution in [0.2, 0.25) is 5.02 Å². The van der Waals surface area contributed by atoms with Crippen molar-refractivity contribution >= 4 is 11.6 Å². The van der Waals surface area contributed by atoms with Gasteiger partial charge in [-0.2, -0.15) is 0 Å². The van der Waals surface area contributed by atoms with Gasteiger partial charge in [0.2, 0.25) is 0 Å². The molecule has 0 aromatic heterocycles. The third-order valence-corrected chi connectivity index (χ3v) is 2.38. The Labute approximate surface area is 96.5 Å². The SMILES string of the molecule is C.Clc1cccc(Cc2ccccc2)c1. The minimum Gasteiger partial charge on any atom is -0.0843 e. The molecule has 0 amide bonds. The summed E-state index contributed by atoms with van der Waals surface area (Å²) in [7, 11) is 0. The molecule has 0 N–H and O–H groups in total. The van der Waals surface area contributed by atoms with E-state index in [-0.39, 0.29) is 7.43 Å². The highest BCUT2D eigenvalue weighted by Gasteiger charge is 1.95. The summed E-state index contributed by atoms with van der Waals surface area (Å²) in [4.78, 5) is 0. The summed E-state index contributed by atoms with van der Waals surface area (Å²) in [5.41, 5.74) is 2.57. The summed E-state index contributed by atoms with van der Waals surface area (Å²) in [6, 6.07) is 18.4. The van der Waals surface area contributed by atoms with Crippen LogP contribution in [0.25, 0.3) is 0 Å². The maximum atomic E-state index is 5.91. The molecule has 0 bridgehead atoms. The van der Waals surface area contributed by atoms with Crippen molar-refractivity contribution in [3.63, 3.8) is 0 Å². The fourth-order valence-corrected chi connectivity index (χ4v) is 1.69. The van der Waals surface area contributed by atoms with Crippen molar-refractivity contribution in [1.82, 2.24) is 0 Å². The number of hydrogen-bond acceptors (Lipinski definition) is 0. The molecule has 1 heteroatoms. The van der Waals surface area contributed by atoms with Crippen molar-refractivity contribution in [2.45, 2.75) is 13.8 Å². The van der Waals surface area contributed by atoms with E-state index in [0.29, 0.717) is 0 Å². The Morgan fingerprint density at radius 2 is 1.47 bits per heavy atom. The number of halogens is 1. The molecule has 15 heavy (non-hydrogen) atoms. The molecule has 0 radical (unpaired) electrons. The summed E-state index contributed by atoms with van der Waals surface area (Å²) in [6.07, 6.45) is 0.946. The molecule has 0 unspecified atom stereocenters. The molecule has 0 aliphatic rings. The Bertz CT molecular complexity index is 407. The van der Waals surface area contributed by atoms with Gasteiger partial charge in [-0.3, -0.25) is 0 Å². The largest absolute Gasteiger partial charge is 0.0843 e. The van der Waals surface area contributed by atoms with Crippen LogP contribution >= 0.6 is 11.6 Å². The topological polar surface area (TPSA) is 0 Å². The van der Waals surface area contributed by atoms with E-state index in [1.807, 2.05) is 24.3 Å². The highest BCUT2D eigenvalue weighted by atomic mass is 35.5. The molecule has 78 valence electrons. The van der Waals surface area contributed by atoms with E-state index in [2.05, 4.69) is 30.3 Å². The lowest BCUT2D eigenvalue weighted by atomic mass is 10.1. The Morgan fingerprint density at radius 3 is 2.13 bits per heavy atom. The van der Waals surface area contributed by atoms with E-state index in [1.165, 1.54) is 11.1 Å². The normalized spacial score (nSPS) is 9.40. The third kappa shape index (κ3) is 3.41. The second-order valence-electron chi connectivity index (χ2n) is 3.29. The van der Waals surface area contributed by atoms with Gasteiger partial charge in [0.15, 0.2) is 0 Å². The highest BCUT2D eigenvalue weighted by Crippen LogP contribution is 2.14. The first kappa shape index (κ1) is 11.8. The van der Waals surface area contributed by atoms with Crippen molar-refractivity contribution < 1.29 is 0 Å². The standard InChI is InChI=1S/C13H11Cl.CH4/c14-13-8-4-7-12(10-13)9-11-5-2-1-3-6-11;/h1-8,10H,9H2;1H4. The fourth-order valence-electron chi connectivity index (χ4n) is 1.48. The van der Waals surface area contributed by atoms with Gasteiger partial charge < -0.3 is 0 Å². The summed E-state index contributed by atoms with van der Waals surface area (Å²) in [5.74, 6) is 0. The van der Waals surface area contributed by atoms with Crippen molar-refractivity contribution in [2.75, 3.05) is 0 Å². The van der Waals surface area contributed by atoms with Crippen LogP contribution in [-0.4, -0.2) is 0 Å². The molecule has 0 fully saturated rings. The molecule has 2 aromatic rings. The predicted molar refractivity (Wildman–Crippen MR) is 67.4 cm³/mol. The summed E-state index contributed by atoms with van der Waals surface area (Å²) in [6.45, 7) is 0. The second kappa shape index (κ2) is 5.57. The first-order valence-electron chi connectivity index (χ1n) is 4.63. The van der Waals surface area contributed by atoms with E-state index in [9.17, 15) is 0 Å². The molecular weight excluding hydrogens is 204 g/mol. The molecular formula is C14H15Cl. The van der Waals surface area contributed by atoms with Crippen LogP contribution in [0.3, 0.4) is 0 Å². The van der Waals surface area contributed by atoms with Gasteiger partial charge in [0.05, 0.1) is 0 Å². The molecule has 0 nitrogen and oxygen atoms in total. The third-order valence-electron chi connectivity index (χ3n) is 2.14. The first-order chi connectivity index (χ1) is 6.84. The first-order valence-corrected chi connectivity index (χ1v) is 5.01. The van der Waals surface area contributed by atoms with E-state index < -0.39 is 0 Å². The number of rotatable bonds is 2. The van der Waals surface area contributed by atoms with Gasteiger partial charge >= 0.3 is 0 Å². The lowest BCUT2D eigenvalue weighted by Crippen LogP contribution is -1.86. The minimum absolute atomic E-state index is 0. The van der Waals surface area contributed by atoms with E-state index in [0.717, 1.165) is 11.4 Å². The summed E-state index contributed by atoms with van der Waals surface area (Å²) < 4.78 is 0. The Kier molecular flexibility index (Phi) is 4.38. The van der Waals surface area contributed by atoms with Crippen molar-refractivity contribution in [3.8, 4) is 0 Å². The lowest BCUT2D eigenvalue weighted by molar-refractivity contribution is 1.19. The Morgan fingerprint density at radius 1 is 0.800 bits per heavy atom. The summed E-state index contributed by atoms with van der Waals surface area (Å²) >= 11 is 5.91. The van der Waals surface area contributed by atoms with Gasteiger partial charge in [0.1, 0.15) is 0 Å². The summed E-state index contributed by atoms with van der Waals surface area (Å²) in [5, 5.41) is 0.804. The van der Waals surface area contributed by atoms with Gasteiger partial charge in [-0.05, 0) is 29.7 Å². The van der Waals surface area contributed by atoms with Crippen LogP contribution in [-0.2, 0) is 6.42 Å². The lowest BCUT2D eigenvalue weighted by Gasteiger charge is -2.01. The quantitative estimate of drug-likeness (QED) is 0.693. The predicted octanol–water partition coefficient (Wildman–Crippen LogP) is 4.57. The number of benzene rings is 2.